The second-order valence-corrected chi connectivity index (χ2v) is 4.91. The predicted octanol–water partition coefficient (Wildman–Crippen LogP) is 1.88. The molecule has 1 atom stereocenters. The van der Waals surface area contributed by atoms with Crippen LogP contribution in [0.5, 0.6) is 0 Å². The zero-order valence-electron chi connectivity index (χ0n) is 10.6. The molecule has 1 aliphatic rings. The number of aromatic nitrogens is 3. The molecule has 0 bridgehead atoms. The van der Waals surface area contributed by atoms with Crippen LogP contribution in [-0.4, -0.2) is 34.4 Å². The van der Waals surface area contributed by atoms with Crippen LogP contribution in [0.25, 0.3) is 5.65 Å². The van der Waals surface area contributed by atoms with Gasteiger partial charge in [-0.1, -0.05) is 0 Å². The fraction of sp³-hybridized carbons (Fsp3) is 0.538. The largest absolute Gasteiger partial charge is 0.381 e. The second kappa shape index (κ2) is 4.94. The van der Waals surface area contributed by atoms with Gasteiger partial charge in [0, 0.05) is 19.3 Å². The Kier molecular flexibility index (Phi) is 3.15. The van der Waals surface area contributed by atoms with Crippen molar-refractivity contribution in [3.63, 3.8) is 0 Å². The highest BCUT2D eigenvalue weighted by Gasteiger charge is 2.14. The lowest BCUT2D eigenvalue weighted by Gasteiger charge is -2.21. The highest BCUT2D eigenvalue weighted by molar-refractivity contribution is 5.45. The van der Waals surface area contributed by atoms with Gasteiger partial charge in [0.05, 0.1) is 6.61 Å². The van der Waals surface area contributed by atoms with Gasteiger partial charge in [0.1, 0.15) is 0 Å². The van der Waals surface area contributed by atoms with E-state index in [1.54, 1.807) is 4.52 Å². The fourth-order valence-corrected chi connectivity index (χ4v) is 2.26. The summed E-state index contributed by atoms with van der Waals surface area (Å²) in [6.45, 7) is 4.69. The Morgan fingerprint density at radius 3 is 3.33 bits per heavy atom. The molecule has 0 radical (unpaired) electrons. The van der Waals surface area contributed by atoms with Gasteiger partial charge >= 0.3 is 0 Å². The Morgan fingerprint density at radius 2 is 2.50 bits per heavy atom. The molecule has 0 amide bonds. The highest BCUT2D eigenvalue weighted by atomic mass is 16.5. The van der Waals surface area contributed by atoms with Gasteiger partial charge in [-0.05, 0) is 43.4 Å². The van der Waals surface area contributed by atoms with E-state index in [4.69, 9.17) is 4.74 Å². The van der Waals surface area contributed by atoms with Crippen molar-refractivity contribution < 1.29 is 4.74 Å². The molecule has 0 aromatic carbocycles. The third-order valence-electron chi connectivity index (χ3n) is 3.30. The Bertz CT molecular complexity index is 531. The number of nitrogens with one attached hydrogen (secondary N) is 1. The summed E-state index contributed by atoms with van der Waals surface area (Å²) in [4.78, 5) is 4.46. The predicted molar refractivity (Wildman–Crippen MR) is 69.8 cm³/mol. The average molecular weight is 246 g/mol. The molecule has 0 spiro atoms. The van der Waals surface area contributed by atoms with Crippen molar-refractivity contribution in [3.8, 4) is 0 Å². The van der Waals surface area contributed by atoms with Crippen molar-refractivity contribution >= 4 is 11.6 Å². The van der Waals surface area contributed by atoms with Crippen LogP contribution in [0, 0.1) is 12.8 Å². The molecule has 18 heavy (non-hydrogen) atoms. The van der Waals surface area contributed by atoms with Crippen molar-refractivity contribution in [1.82, 2.24) is 14.6 Å². The van der Waals surface area contributed by atoms with Crippen molar-refractivity contribution in [2.24, 2.45) is 5.92 Å². The quantitative estimate of drug-likeness (QED) is 0.898. The van der Waals surface area contributed by atoms with Crippen LogP contribution >= 0.6 is 0 Å². The van der Waals surface area contributed by atoms with Crippen molar-refractivity contribution in [2.75, 3.05) is 25.1 Å². The van der Waals surface area contributed by atoms with Crippen LogP contribution in [0.1, 0.15) is 18.4 Å². The summed E-state index contributed by atoms with van der Waals surface area (Å²) in [6, 6.07) is 4.06. The van der Waals surface area contributed by atoms with Gasteiger partial charge < -0.3 is 10.1 Å². The van der Waals surface area contributed by atoms with Gasteiger partial charge in [-0.25, -0.2) is 4.52 Å². The molecular formula is C13H18N4O. The average Bonchev–Trinajstić information content (AvgIpc) is 2.79. The lowest BCUT2D eigenvalue weighted by atomic mass is 10.0. The number of nitrogens with zero attached hydrogens (tertiary/aromatic N) is 3. The SMILES string of the molecule is Cc1ccn2nc(NCC3CCCOC3)nc2c1. The smallest absolute Gasteiger partial charge is 0.243 e. The molecule has 1 saturated heterocycles. The minimum Gasteiger partial charge on any atom is -0.381 e. The van der Waals surface area contributed by atoms with E-state index in [2.05, 4.69) is 22.3 Å². The van der Waals surface area contributed by atoms with Crippen molar-refractivity contribution in [3.05, 3.63) is 23.9 Å². The Balaban J connectivity index is 1.67. The molecule has 2 aromatic rings. The number of hydrogen-bond donors (Lipinski definition) is 1. The lowest BCUT2D eigenvalue weighted by Crippen LogP contribution is -2.24. The fourth-order valence-electron chi connectivity index (χ4n) is 2.26. The summed E-state index contributed by atoms with van der Waals surface area (Å²) in [5.41, 5.74) is 2.08. The van der Waals surface area contributed by atoms with E-state index < -0.39 is 0 Å². The molecule has 2 aromatic heterocycles. The normalized spacial score (nSPS) is 20.2. The second-order valence-electron chi connectivity index (χ2n) is 4.91. The lowest BCUT2D eigenvalue weighted by molar-refractivity contribution is 0.0594. The molecule has 5 nitrogen and oxygen atoms in total. The minimum absolute atomic E-state index is 0.576. The number of aryl methyl sites for hydroxylation is 1. The number of fused-ring (bicyclic) bond motifs is 1. The molecule has 5 heteroatoms. The molecule has 1 fully saturated rings. The number of ether oxygens (including phenoxy) is 1. The molecule has 0 aliphatic carbocycles. The summed E-state index contributed by atoms with van der Waals surface area (Å²) in [5.74, 6) is 1.28. The Morgan fingerprint density at radius 1 is 1.56 bits per heavy atom. The summed E-state index contributed by atoms with van der Waals surface area (Å²) in [6.07, 6.45) is 4.32. The molecular weight excluding hydrogens is 228 g/mol. The van der Waals surface area contributed by atoms with E-state index in [1.807, 2.05) is 18.3 Å². The number of anilines is 1. The first-order valence-corrected chi connectivity index (χ1v) is 6.46. The monoisotopic (exact) mass is 246 g/mol. The van der Waals surface area contributed by atoms with Gasteiger partial charge in [-0.15, -0.1) is 5.10 Å². The van der Waals surface area contributed by atoms with Crippen molar-refractivity contribution in [1.29, 1.82) is 0 Å². The zero-order valence-corrected chi connectivity index (χ0v) is 10.6. The van der Waals surface area contributed by atoms with Gasteiger partial charge in [0.15, 0.2) is 5.65 Å². The van der Waals surface area contributed by atoms with Crippen LogP contribution < -0.4 is 5.32 Å². The maximum absolute atomic E-state index is 5.46. The third kappa shape index (κ3) is 2.46. The molecule has 3 heterocycles. The van der Waals surface area contributed by atoms with Gasteiger partial charge in [-0.2, -0.15) is 4.98 Å². The van der Waals surface area contributed by atoms with E-state index in [1.165, 1.54) is 12.0 Å². The molecule has 0 saturated carbocycles. The summed E-state index contributed by atoms with van der Waals surface area (Å²) in [5, 5.41) is 7.69. The maximum atomic E-state index is 5.46. The molecule has 96 valence electrons. The zero-order chi connectivity index (χ0) is 12.4. The Labute approximate surface area is 106 Å². The molecule has 1 aliphatic heterocycles. The first kappa shape index (κ1) is 11.5. The van der Waals surface area contributed by atoms with E-state index in [9.17, 15) is 0 Å². The third-order valence-corrected chi connectivity index (χ3v) is 3.30. The van der Waals surface area contributed by atoms with Gasteiger partial charge in [0.2, 0.25) is 5.95 Å². The van der Waals surface area contributed by atoms with Crippen LogP contribution in [-0.2, 0) is 4.74 Å². The van der Waals surface area contributed by atoms with E-state index in [0.717, 1.165) is 31.8 Å². The Hall–Kier alpha value is -1.62. The summed E-state index contributed by atoms with van der Waals surface area (Å²) < 4.78 is 7.26. The van der Waals surface area contributed by atoms with Crippen LogP contribution in [0.3, 0.4) is 0 Å². The molecule has 1 N–H and O–H groups in total. The van der Waals surface area contributed by atoms with E-state index in [-0.39, 0.29) is 0 Å². The minimum atomic E-state index is 0.576. The van der Waals surface area contributed by atoms with Crippen LogP contribution in [0.4, 0.5) is 5.95 Å². The van der Waals surface area contributed by atoms with Crippen LogP contribution in [0.15, 0.2) is 18.3 Å². The highest BCUT2D eigenvalue weighted by Crippen LogP contribution is 2.14. The van der Waals surface area contributed by atoms with Crippen LogP contribution in [0.2, 0.25) is 0 Å². The van der Waals surface area contributed by atoms with Crippen molar-refractivity contribution in [2.45, 2.75) is 19.8 Å². The summed E-state index contributed by atoms with van der Waals surface area (Å²) >= 11 is 0. The molecule has 3 rings (SSSR count). The van der Waals surface area contributed by atoms with Gasteiger partial charge in [0.25, 0.3) is 0 Å². The molecule has 1 unspecified atom stereocenters. The first-order valence-electron chi connectivity index (χ1n) is 6.46. The van der Waals surface area contributed by atoms with Gasteiger partial charge in [-0.3, -0.25) is 0 Å². The first-order chi connectivity index (χ1) is 8.81. The van der Waals surface area contributed by atoms with E-state index in [0.29, 0.717) is 11.9 Å². The number of pyridine rings is 1. The maximum Gasteiger partial charge on any atom is 0.243 e. The summed E-state index contributed by atoms with van der Waals surface area (Å²) in [7, 11) is 0. The van der Waals surface area contributed by atoms with E-state index >= 15 is 0 Å². The topological polar surface area (TPSA) is 51.5 Å². The standard InChI is InChI=1S/C13H18N4O/c1-10-4-5-17-12(7-10)15-13(16-17)14-8-11-3-2-6-18-9-11/h4-5,7,11H,2-3,6,8-9H2,1H3,(H,14,16). The number of rotatable bonds is 3. The number of hydrogen-bond acceptors (Lipinski definition) is 4.